The molecule has 70 valence electrons. The number of aryl methyl sites for hydroxylation is 1. The lowest BCUT2D eigenvalue weighted by Gasteiger charge is -2.05. The fourth-order valence-corrected chi connectivity index (χ4v) is 1.42. The third kappa shape index (κ3) is 1.44. The van der Waals surface area contributed by atoms with Gasteiger partial charge in [0.05, 0.1) is 16.9 Å². The summed E-state index contributed by atoms with van der Waals surface area (Å²) in [6.45, 7) is 1.87. The summed E-state index contributed by atoms with van der Waals surface area (Å²) < 4.78 is 0. The molecule has 0 aliphatic heterocycles. The Kier molecular flexibility index (Phi) is 2.14. The van der Waals surface area contributed by atoms with Gasteiger partial charge in [-0.25, -0.2) is 0 Å². The highest BCUT2D eigenvalue weighted by Crippen LogP contribution is 2.19. The molecule has 1 aromatic carbocycles. The van der Waals surface area contributed by atoms with E-state index in [4.69, 9.17) is 0 Å². The molecule has 2 rings (SSSR count). The SMILES string of the molecule is Cc1nc2ccccc2cc1NC=O. The van der Waals surface area contributed by atoms with Crippen LogP contribution in [0.4, 0.5) is 5.69 Å². The van der Waals surface area contributed by atoms with Gasteiger partial charge in [0.25, 0.3) is 0 Å². The Morgan fingerprint density at radius 1 is 1.36 bits per heavy atom. The van der Waals surface area contributed by atoms with Crippen LogP contribution in [0.2, 0.25) is 0 Å². The molecule has 1 heterocycles. The lowest BCUT2D eigenvalue weighted by Crippen LogP contribution is -1.98. The lowest BCUT2D eigenvalue weighted by molar-refractivity contribution is -0.105. The van der Waals surface area contributed by atoms with Crippen molar-refractivity contribution in [1.29, 1.82) is 0 Å². The number of benzene rings is 1. The summed E-state index contributed by atoms with van der Waals surface area (Å²) in [6, 6.07) is 9.74. The first-order valence-electron chi connectivity index (χ1n) is 4.38. The van der Waals surface area contributed by atoms with Crippen LogP contribution in [-0.4, -0.2) is 11.4 Å². The highest BCUT2D eigenvalue weighted by atomic mass is 16.1. The van der Waals surface area contributed by atoms with Crippen LogP contribution >= 0.6 is 0 Å². The molecule has 0 aliphatic carbocycles. The van der Waals surface area contributed by atoms with E-state index in [0.717, 1.165) is 22.3 Å². The monoisotopic (exact) mass is 186 g/mol. The molecule has 0 spiro atoms. The number of hydrogen-bond donors (Lipinski definition) is 1. The molecular formula is C11H10N2O. The second kappa shape index (κ2) is 3.46. The zero-order chi connectivity index (χ0) is 9.97. The number of para-hydroxylation sites is 1. The van der Waals surface area contributed by atoms with Gasteiger partial charge in [-0.15, -0.1) is 0 Å². The number of fused-ring (bicyclic) bond motifs is 1. The van der Waals surface area contributed by atoms with E-state index in [0.29, 0.717) is 6.41 Å². The summed E-state index contributed by atoms with van der Waals surface area (Å²) in [5.74, 6) is 0. The summed E-state index contributed by atoms with van der Waals surface area (Å²) >= 11 is 0. The Hall–Kier alpha value is -1.90. The van der Waals surface area contributed by atoms with Crippen molar-refractivity contribution in [3.05, 3.63) is 36.0 Å². The van der Waals surface area contributed by atoms with E-state index in [1.165, 1.54) is 0 Å². The molecule has 0 aliphatic rings. The molecule has 1 aromatic heterocycles. The van der Waals surface area contributed by atoms with E-state index >= 15 is 0 Å². The molecule has 1 N–H and O–H groups in total. The van der Waals surface area contributed by atoms with Crippen LogP contribution in [0.15, 0.2) is 30.3 Å². The van der Waals surface area contributed by atoms with Crippen molar-refractivity contribution in [3.63, 3.8) is 0 Å². The van der Waals surface area contributed by atoms with Crippen LogP contribution in [0.3, 0.4) is 0 Å². The number of hydrogen-bond acceptors (Lipinski definition) is 2. The summed E-state index contributed by atoms with van der Waals surface area (Å²) in [5, 5.41) is 3.65. The van der Waals surface area contributed by atoms with Gasteiger partial charge in [0.15, 0.2) is 0 Å². The van der Waals surface area contributed by atoms with Gasteiger partial charge < -0.3 is 5.32 Å². The quantitative estimate of drug-likeness (QED) is 0.730. The van der Waals surface area contributed by atoms with Gasteiger partial charge in [0.2, 0.25) is 6.41 Å². The minimum absolute atomic E-state index is 0.665. The Morgan fingerprint density at radius 3 is 2.93 bits per heavy atom. The predicted molar refractivity (Wildman–Crippen MR) is 56.2 cm³/mol. The second-order valence-electron chi connectivity index (χ2n) is 3.08. The maximum Gasteiger partial charge on any atom is 0.211 e. The van der Waals surface area contributed by atoms with E-state index in [9.17, 15) is 4.79 Å². The average molecular weight is 186 g/mol. The third-order valence-electron chi connectivity index (χ3n) is 2.13. The van der Waals surface area contributed by atoms with Crippen LogP contribution in [0.25, 0.3) is 10.9 Å². The highest BCUT2D eigenvalue weighted by Gasteiger charge is 2.00. The van der Waals surface area contributed by atoms with Crippen LogP contribution in [0, 0.1) is 6.92 Å². The summed E-state index contributed by atoms with van der Waals surface area (Å²) in [6.07, 6.45) is 0.665. The van der Waals surface area contributed by atoms with Gasteiger partial charge in [0, 0.05) is 5.39 Å². The van der Waals surface area contributed by atoms with Crippen molar-refractivity contribution < 1.29 is 4.79 Å². The fourth-order valence-electron chi connectivity index (χ4n) is 1.42. The molecule has 0 unspecified atom stereocenters. The molecule has 14 heavy (non-hydrogen) atoms. The molecular weight excluding hydrogens is 176 g/mol. The number of aromatic nitrogens is 1. The Morgan fingerprint density at radius 2 is 2.14 bits per heavy atom. The molecule has 1 amide bonds. The maximum atomic E-state index is 10.3. The molecule has 0 fully saturated rings. The second-order valence-corrected chi connectivity index (χ2v) is 3.08. The van der Waals surface area contributed by atoms with Gasteiger partial charge in [-0.2, -0.15) is 0 Å². The fraction of sp³-hybridized carbons (Fsp3) is 0.0909. The maximum absolute atomic E-state index is 10.3. The number of nitrogens with one attached hydrogen (secondary N) is 1. The zero-order valence-corrected chi connectivity index (χ0v) is 7.82. The van der Waals surface area contributed by atoms with Gasteiger partial charge in [0.1, 0.15) is 0 Å². The standard InChI is InChI=1S/C11H10N2O/c1-8-11(12-7-14)6-9-4-2-3-5-10(9)13-8/h2-7H,1H3,(H,12,14). The number of anilines is 1. The van der Waals surface area contributed by atoms with Gasteiger partial charge >= 0.3 is 0 Å². The van der Waals surface area contributed by atoms with E-state index < -0.39 is 0 Å². The zero-order valence-electron chi connectivity index (χ0n) is 7.82. The predicted octanol–water partition coefficient (Wildman–Crippen LogP) is 2.11. The molecule has 0 saturated carbocycles. The van der Waals surface area contributed by atoms with E-state index in [1.54, 1.807) is 0 Å². The first-order chi connectivity index (χ1) is 6.81. The smallest absolute Gasteiger partial charge is 0.211 e. The topological polar surface area (TPSA) is 42.0 Å². The first-order valence-corrected chi connectivity index (χ1v) is 4.38. The number of rotatable bonds is 2. The normalized spacial score (nSPS) is 10.1. The van der Waals surface area contributed by atoms with Crippen molar-refractivity contribution in [3.8, 4) is 0 Å². The Balaban J connectivity index is 2.64. The molecule has 0 atom stereocenters. The van der Waals surface area contributed by atoms with Gasteiger partial charge in [-0.1, -0.05) is 18.2 Å². The molecule has 3 nitrogen and oxygen atoms in total. The lowest BCUT2D eigenvalue weighted by atomic mass is 10.2. The van der Waals surface area contributed by atoms with Crippen molar-refractivity contribution in [1.82, 2.24) is 4.98 Å². The molecule has 0 saturated heterocycles. The van der Waals surface area contributed by atoms with Gasteiger partial charge in [-0.05, 0) is 19.1 Å². The summed E-state index contributed by atoms with van der Waals surface area (Å²) in [4.78, 5) is 14.7. The van der Waals surface area contributed by atoms with Crippen molar-refractivity contribution in [2.75, 3.05) is 5.32 Å². The summed E-state index contributed by atoms with van der Waals surface area (Å²) in [5.41, 5.74) is 2.54. The number of carbonyl (C=O) groups is 1. The van der Waals surface area contributed by atoms with Gasteiger partial charge in [-0.3, -0.25) is 9.78 Å². The minimum Gasteiger partial charge on any atom is -0.327 e. The van der Waals surface area contributed by atoms with Crippen molar-refractivity contribution in [2.45, 2.75) is 6.92 Å². The van der Waals surface area contributed by atoms with Crippen LogP contribution in [-0.2, 0) is 4.79 Å². The van der Waals surface area contributed by atoms with E-state index in [2.05, 4.69) is 10.3 Å². The molecule has 3 heteroatoms. The third-order valence-corrected chi connectivity index (χ3v) is 2.13. The van der Waals surface area contributed by atoms with Crippen LogP contribution < -0.4 is 5.32 Å². The van der Waals surface area contributed by atoms with E-state index in [-0.39, 0.29) is 0 Å². The number of pyridine rings is 1. The van der Waals surface area contributed by atoms with E-state index in [1.807, 2.05) is 37.3 Å². The first kappa shape index (κ1) is 8.69. The number of carbonyl (C=O) groups excluding carboxylic acids is 1. The number of nitrogens with zero attached hydrogens (tertiary/aromatic N) is 1. The Labute approximate surface area is 81.8 Å². The minimum atomic E-state index is 0.665. The molecule has 0 bridgehead atoms. The Bertz CT molecular complexity index is 480. The van der Waals surface area contributed by atoms with Crippen LogP contribution in [0.5, 0.6) is 0 Å². The number of amides is 1. The van der Waals surface area contributed by atoms with Crippen molar-refractivity contribution in [2.24, 2.45) is 0 Å². The highest BCUT2D eigenvalue weighted by molar-refractivity contribution is 5.85. The summed E-state index contributed by atoms with van der Waals surface area (Å²) in [7, 11) is 0. The largest absolute Gasteiger partial charge is 0.327 e. The van der Waals surface area contributed by atoms with Crippen LogP contribution in [0.1, 0.15) is 5.69 Å². The molecule has 2 aromatic rings. The van der Waals surface area contributed by atoms with Crippen molar-refractivity contribution >= 4 is 23.0 Å². The average Bonchev–Trinajstić information content (AvgIpc) is 2.19. The molecule has 0 radical (unpaired) electrons.